The summed E-state index contributed by atoms with van der Waals surface area (Å²) in [6.45, 7) is 5.84. The number of hydrogen-bond acceptors (Lipinski definition) is 0. The first-order valence-corrected chi connectivity index (χ1v) is 3.36. The lowest BCUT2D eigenvalue weighted by atomic mass is 10.1. The molecule has 0 aromatic rings. The minimum absolute atomic E-state index is 0.0115. The van der Waals surface area contributed by atoms with Crippen molar-refractivity contribution in [2.24, 2.45) is 0 Å². The number of rotatable bonds is 3. The normalized spacial score (nSPS) is 14.0. The van der Waals surface area contributed by atoms with E-state index in [0.717, 1.165) is 6.92 Å². The van der Waals surface area contributed by atoms with Crippen LogP contribution < -0.4 is 0 Å². The number of hydrogen-bond donors (Lipinski definition) is 0. The molecule has 0 aliphatic heterocycles. The third-order valence-corrected chi connectivity index (χ3v) is 1.23. The van der Waals surface area contributed by atoms with Gasteiger partial charge in [0, 0.05) is 12.5 Å². The van der Waals surface area contributed by atoms with Crippen molar-refractivity contribution in [1.29, 1.82) is 0 Å². The summed E-state index contributed by atoms with van der Waals surface area (Å²) < 4.78 is 25.1. The maximum atomic E-state index is 12.6. The number of halogens is 2. The number of alkyl halides is 2. The highest BCUT2D eigenvalue weighted by molar-refractivity contribution is 5.26. The molecule has 0 nitrogen and oxygen atoms in total. The average Bonchev–Trinajstić information content (AvgIpc) is 1.87. The lowest BCUT2D eigenvalue weighted by Crippen LogP contribution is -2.11. The minimum atomic E-state index is -2.76. The molecule has 0 fully saturated rings. The summed E-state index contributed by atoms with van der Waals surface area (Å²) >= 11 is 0. The molecule has 0 spiro atoms. The van der Waals surface area contributed by atoms with Gasteiger partial charge in [0.1, 0.15) is 0 Å². The van der Waals surface area contributed by atoms with Crippen molar-refractivity contribution in [2.45, 2.75) is 19.8 Å². The van der Waals surface area contributed by atoms with Crippen LogP contribution in [0.5, 0.6) is 0 Å². The molecule has 0 saturated heterocycles. The third kappa shape index (κ3) is 3.71. The van der Waals surface area contributed by atoms with Crippen LogP contribution in [0.3, 0.4) is 0 Å². The first-order chi connectivity index (χ1) is 5.02. The molecular weight excluding hydrogens is 146 g/mol. The predicted molar refractivity (Wildman–Crippen MR) is 43.7 cm³/mol. The molecule has 0 unspecified atom stereocenters. The van der Waals surface area contributed by atoms with Crippen LogP contribution in [0, 0.1) is 0 Å². The second-order valence-corrected chi connectivity index (χ2v) is 2.23. The highest BCUT2D eigenvalue weighted by Gasteiger charge is 2.23. The Balaban J connectivity index is 4.45. The monoisotopic (exact) mass is 158 g/mol. The fourth-order valence-electron chi connectivity index (χ4n) is 0.668. The highest BCUT2D eigenvalue weighted by atomic mass is 19.3. The summed E-state index contributed by atoms with van der Waals surface area (Å²) in [6, 6.07) is 0. The molecule has 0 heterocycles. The Hall–Kier alpha value is -0.920. The van der Waals surface area contributed by atoms with Crippen LogP contribution in [0.1, 0.15) is 13.8 Å². The van der Waals surface area contributed by atoms with Gasteiger partial charge in [-0.3, -0.25) is 0 Å². The molecule has 0 radical (unpaired) electrons. The third-order valence-electron chi connectivity index (χ3n) is 1.23. The van der Waals surface area contributed by atoms with Gasteiger partial charge in [-0.25, -0.2) is 8.78 Å². The van der Waals surface area contributed by atoms with Crippen molar-refractivity contribution in [1.82, 2.24) is 0 Å². The van der Waals surface area contributed by atoms with Gasteiger partial charge in [0.15, 0.2) is 0 Å². The molecule has 0 aliphatic carbocycles. The van der Waals surface area contributed by atoms with E-state index in [4.69, 9.17) is 0 Å². The highest BCUT2D eigenvalue weighted by Crippen LogP contribution is 2.23. The predicted octanol–water partition coefficient (Wildman–Crippen LogP) is 3.33. The molecule has 0 aliphatic rings. The fraction of sp³-hybridized carbons (Fsp3) is 0.333. The van der Waals surface area contributed by atoms with E-state index < -0.39 is 5.92 Å². The van der Waals surface area contributed by atoms with Crippen molar-refractivity contribution >= 4 is 0 Å². The molecule has 0 N–H and O–H groups in total. The van der Waals surface area contributed by atoms with Gasteiger partial charge in [0.25, 0.3) is 5.92 Å². The summed E-state index contributed by atoms with van der Waals surface area (Å²) in [4.78, 5) is 0. The van der Waals surface area contributed by atoms with E-state index in [1.807, 2.05) is 0 Å². The average molecular weight is 158 g/mol. The Bertz CT molecular complexity index is 182. The zero-order valence-electron chi connectivity index (χ0n) is 6.77. The molecule has 0 amide bonds. The van der Waals surface area contributed by atoms with Gasteiger partial charge in [0.05, 0.1) is 0 Å². The summed E-state index contributed by atoms with van der Waals surface area (Å²) in [5.74, 6) is -2.76. The van der Waals surface area contributed by atoms with Crippen LogP contribution in [0.4, 0.5) is 8.78 Å². The van der Waals surface area contributed by atoms with E-state index in [9.17, 15) is 8.78 Å². The molecule has 0 aromatic carbocycles. The topological polar surface area (TPSA) is 0 Å². The Kier molecular flexibility index (Phi) is 3.72. The molecule has 0 atom stereocenters. The van der Waals surface area contributed by atoms with E-state index in [0.29, 0.717) is 0 Å². The van der Waals surface area contributed by atoms with Gasteiger partial charge in [-0.1, -0.05) is 30.9 Å². The molecule has 0 saturated carbocycles. The minimum Gasteiger partial charge on any atom is -0.202 e. The van der Waals surface area contributed by atoms with Crippen molar-refractivity contribution in [3.05, 3.63) is 36.5 Å². The Morgan fingerprint density at radius 2 is 2.00 bits per heavy atom. The van der Waals surface area contributed by atoms with Gasteiger partial charge >= 0.3 is 0 Å². The second-order valence-electron chi connectivity index (χ2n) is 2.23. The van der Waals surface area contributed by atoms with Crippen molar-refractivity contribution in [3.8, 4) is 0 Å². The van der Waals surface area contributed by atoms with Crippen LogP contribution in [-0.4, -0.2) is 5.92 Å². The molecule has 62 valence electrons. The van der Waals surface area contributed by atoms with Crippen molar-refractivity contribution in [3.63, 3.8) is 0 Å². The van der Waals surface area contributed by atoms with E-state index in [-0.39, 0.29) is 5.57 Å². The smallest absolute Gasteiger partial charge is 0.202 e. The zero-order chi connectivity index (χ0) is 8.91. The van der Waals surface area contributed by atoms with Crippen molar-refractivity contribution < 1.29 is 8.78 Å². The van der Waals surface area contributed by atoms with E-state index in [1.165, 1.54) is 24.3 Å². The second kappa shape index (κ2) is 4.06. The number of allylic oxidation sites excluding steroid dienone is 5. The molecule has 11 heavy (non-hydrogen) atoms. The van der Waals surface area contributed by atoms with Crippen LogP contribution in [-0.2, 0) is 0 Å². The Morgan fingerprint density at radius 3 is 2.27 bits per heavy atom. The maximum absolute atomic E-state index is 12.6. The van der Waals surface area contributed by atoms with Crippen LogP contribution in [0.2, 0.25) is 0 Å². The quantitative estimate of drug-likeness (QED) is 0.552. The molecular formula is C9H12F2. The van der Waals surface area contributed by atoms with Gasteiger partial charge in [-0.15, -0.1) is 0 Å². The summed E-state index contributed by atoms with van der Waals surface area (Å²) in [6.07, 6.45) is 5.70. The first kappa shape index (κ1) is 10.1. The van der Waals surface area contributed by atoms with Crippen LogP contribution >= 0.6 is 0 Å². The lowest BCUT2D eigenvalue weighted by molar-refractivity contribution is 0.0673. The van der Waals surface area contributed by atoms with Crippen LogP contribution in [0.25, 0.3) is 0 Å². The molecule has 0 rings (SSSR count). The largest absolute Gasteiger partial charge is 0.270 e. The van der Waals surface area contributed by atoms with E-state index >= 15 is 0 Å². The SMILES string of the molecule is C=C/C=C\C(=C/C)C(C)(F)F. The van der Waals surface area contributed by atoms with Gasteiger partial charge in [-0.2, -0.15) is 0 Å². The standard InChI is InChI=1S/C9H12F2/c1-4-6-7-8(5-2)9(3,10)11/h4-7H,1H2,2-3H3/b7-6-,8-5+. The zero-order valence-corrected chi connectivity index (χ0v) is 6.77. The van der Waals surface area contributed by atoms with Gasteiger partial charge in [-0.05, 0) is 6.92 Å². The maximum Gasteiger partial charge on any atom is 0.270 e. The summed E-state index contributed by atoms with van der Waals surface area (Å²) in [5.41, 5.74) is 0.0115. The molecule has 2 heteroatoms. The summed E-state index contributed by atoms with van der Waals surface area (Å²) in [7, 11) is 0. The van der Waals surface area contributed by atoms with Gasteiger partial charge in [0.2, 0.25) is 0 Å². The van der Waals surface area contributed by atoms with E-state index in [1.54, 1.807) is 6.92 Å². The molecule has 0 aromatic heterocycles. The molecule has 0 bridgehead atoms. The van der Waals surface area contributed by atoms with Gasteiger partial charge < -0.3 is 0 Å². The summed E-state index contributed by atoms with van der Waals surface area (Å²) in [5, 5.41) is 0. The van der Waals surface area contributed by atoms with Crippen LogP contribution in [0.15, 0.2) is 36.5 Å². The first-order valence-electron chi connectivity index (χ1n) is 3.36. The van der Waals surface area contributed by atoms with Crippen molar-refractivity contribution in [2.75, 3.05) is 0 Å². The van der Waals surface area contributed by atoms with E-state index in [2.05, 4.69) is 6.58 Å². The Labute approximate surface area is 65.9 Å². The Morgan fingerprint density at radius 1 is 1.45 bits per heavy atom. The fourth-order valence-corrected chi connectivity index (χ4v) is 0.668. The lowest BCUT2D eigenvalue weighted by Gasteiger charge is -2.09.